The molecule has 0 aromatic carbocycles. The van der Waals surface area contributed by atoms with Gasteiger partial charge in [-0.1, -0.05) is 0 Å². The van der Waals surface area contributed by atoms with Crippen LogP contribution in [0.1, 0.15) is 20.8 Å². The second kappa shape index (κ2) is 7.58. The number of sulfonamides is 1. The molecule has 7 heteroatoms. The summed E-state index contributed by atoms with van der Waals surface area (Å²) in [4.78, 5) is 0. The van der Waals surface area contributed by atoms with Crippen LogP contribution in [0.5, 0.6) is 0 Å². The molecule has 0 spiro atoms. The summed E-state index contributed by atoms with van der Waals surface area (Å²) in [6.07, 6.45) is 1.88. The van der Waals surface area contributed by atoms with Gasteiger partial charge >= 0.3 is 0 Å². The zero-order valence-electron chi connectivity index (χ0n) is 10.9. The average molecular weight is 285 g/mol. The lowest BCUT2D eigenvalue weighted by molar-refractivity contribution is 0.0875. The maximum atomic E-state index is 11.6. The quantitative estimate of drug-likeness (QED) is 0.643. The minimum absolute atomic E-state index is 0.0183. The second-order valence-electron chi connectivity index (χ2n) is 4.49. The van der Waals surface area contributed by atoms with Crippen LogP contribution in [0.15, 0.2) is 0 Å². The molecule has 0 fully saturated rings. The van der Waals surface area contributed by atoms with Gasteiger partial charge in [-0.2, -0.15) is 11.8 Å². The van der Waals surface area contributed by atoms with Gasteiger partial charge in [-0.25, -0.2) is 13.1 Å². The molecule has 0 amide bonds. The zero-order valence-corrected chi connectivity index (χ0v) is 12.5. The lowest BCUT2D eigenvalue weighted by atomic mass is 10.1. The number of hydrogen-bond donors (Lipinski definition) is 2. The highest BCUT2D eigenvalue weighted by molar-refractivity contribution is 7.98. The molecule has 0 radical (unpaired) electrons. The topological polar surface area (TPSA) is 75.6 Å². The van der Waals surface area contributed by atoms with E-state index in [0.717, 1.165) is 0 Å². The van der Waals surface area contributed by atoms with E-state index in [0.29, 0.717) is 5.75 Å². The molecular formula is C10H23NO4S2. The Labute approximate surface area is 108 Å². The summed E-state index contributed by atoms with van der Waals surface area (Å²) in [5.74, 6) is 0.401. The fraction of sp³-hybridized carbons (Fsp3) is 1.00. The van der Waals surface area contributed by atoms with Crippen molar-refractivity contribution < 1.29 is 18.3 Å². The Morgan fingerprint density at radius 2 is 2.06 bits per heavy atom. The number of nitrogens with one attached hydrogen (secondary N) is 1. The Kier molecular flexibility index (Phi) is 7.66. The number of rotatable bonds is 9. The third-order valence-corrected chi connectivity index (χ3v) is 4.13. The van der Waals surface area contributed by atoms with Crippen LogP contribution in [0.25, 0.3) is 0 Å². The minimum atomic E-state index is -3.37. The number of hydrogen-bond acceptors (Lipinski definition) is 5. The molecule has 0 heterocycles. The highest BCUT2D eigenvalue weighted by Crippen LogP contribution is 2.09. The van der Waals surface area contributed by atoms with Gasteiger partial charge < -0.3 is 9.84 Å². The third-order valence-electron chi connectivity index (χ3n) is 1.93. The molecule has 2 N–H and O–H groups in total. The molecule has 0 aliphatic rings. The summed E-state index contributed by atoms with van der Waals surface area (Å²) in [6, 6.07) is 0. The van der Waals surface area contributed by atoms with E-state index in [4.69, 9.17) is 4.74 Å². The first-order valence-electron chi connectivity index (χ1n) is 5.49. The van der Waals surface area contributed by atoms with Crippen LogP contribution in [0.3, 0.4) is 0 Å². The largest absolute Gasteiger partial charge is 0.388 e. The monoisotopic (exact) mass is 285 g/mol. The van der Waals surface area contributed by atoms with E-state index in [1.807, 2.05) is 20.1 Å². The van der Waals surface area contributed by atoms with Crippen LogP contribution >= 0.6 is 11.8 Å². The molecular weight excluding hydrogens is 262 g/mol. The van der Waals surface area contributed by atoms with Crippen LogP contribution in [0, 0.1) is 0 Å². The average Bonchev–Trinajstić information content (AvgIpc) is 2.14. The SMILES string of the molecule is CSCC(C)(O)CNS(=O)(=O)CCOC(C)C. The zero-order chi connectivity index (χ0) is 13.5. The van der Waals surface area contributed by atoms with E-state index in [-0.39, 0.29) is 25.0 Å². The first kappa shape index (κ1) is 17.2. The number of aliphatic hydroxyl groups is 1. The van der Waals surface area contributed by atoms with E-state index in [1.54, 1.807) is 6.92 Å². The Bertz CT molecular complexity index is 301. The number of ether oxygens (including phenoxy) is 1. The van der Waals surface area contributed by atoms with Gasteiger partial charge in [0.25, 0.3) is 0 Å². The standard InChI is InChI=1S/C10H23NO4S2/c1-9(2)15-5-6-17(13,14)11-7-10(3,12)8-16-4/h9,11-12H,5-8H2,1-4H3. The second-order valence-corrected chi connectivity index (χ2v) is 7.28. The molecule has 0 bridgehead atoms. The van der Waals surface area contributed by atoms with E-state index < -0.39 is 15.6 Å². The molecule has 0 rings (SSSR count). The molecule has 17 heavy (non-hydrogen) atoms. The highest BCUT2D eigenvalue weighted by atomic mass is 32.2. The molecule has 0 saturated carbocycles. The van der Waals surface area contributed by atoms with E-state index >= 15 is 0 Å². The smallest absolute Gasteiger partial charge is 0.213 e. The van der Waals surface area contributed by atoms with Gasteiger partial charge in [0.15, 0.2) is 0 Å². The minimum Gasteiger partial charge on any atom is -0.388 e. The van der Waals surface area contributed by atoms with E-state index in [2.05, 4.69) is 4.72 Å². The summed E-state index contributed by atoms with van der Waals surface area (Å²) >= 11 is 1.47. The van der Waals surface area contributed by atoms with E-state index in [1.165, 1.54) is 11.8 Å². The van der Waals surface area contributed by atoms with Gasteiger partial charge in [-0.3, -0.25) is 0 Å². The normalized spacial score (nSPS) is 16.1. The summed E-state index contributed by atoms with van der Waals surface area (Å²) in [7, 11) is -3.37. The van der Waals surface area contributed by atoms with Crippen molar-refractivity contribution in [2.45, 2.75) is 32.5 Å². The van der Waals surface area contributed by atoms with Crippen LogP contribution in [0.4, 0.5) is 0 Å². The molecule has 5 nitrogen and oxygen atoms in total. The molecule has 0 aliphatic carbocycles. The molecule has 0 aromatic rings. The van der Waals surface area contributed by atoms with Crippen molar-refractivity contribution in [3.8, 4) is 0 Å². The van der Waals surface area contributed by atoms with Crippen LogP contribution in [-0.2, 0) is 14.8 Å². The van der Waals surface area contributed by atoms with Crippen LogP contribution < -0.4 is 4.72 Å². The molecule has 0 aromatic heterocycles. The highest BCUT2D eigenvalue weighted by Gasteiger charge is 2.22. The first-order chi connectivity index (χ1) is 7.68. The van der Waals surface area contributed by atoms with Crippen molar-refractivity contribution >= 4 is 21.8 Å². The Morgan fingerprint density at radius 3 is 2.53 bits per heavy atom. The van der Waals surface area contributed by atoms with Crippen LogP contribution in [-0.4, -0.2) is 56.1 Å². The number of thioether (sulfide) groups is 1. The Hall–Kier alpha value is 0.180. The summed E-state index contributed by atoms with van der Waals surface area (Å²) < 4.78 is 30.7. The third kappa shape index (κ3) is 9.84. The predicted octanol–water partition coefficient (Wildman–Crippen LogP) is 0.445. The summed E-state index contributed by atoms with van der Waals surface area (Å²) in [6.45, 7) is 5.50. The molecule has 1 atom stereocenters. The summed E-state index contributed by atoms with van der Waals surface area (Å²) in [5.41, 5.74) is -1.02. The van der Waals surface area contributed by atoms with Gasteiger partial charge in [-0.15, -0.1) is 0 Å². The Balaban J connectivity index is 4.01. The fourth-order valence-corrected chi connectivity index (χ4v) is 2.81. The van der Waals surface area contributed by atoms with Crippen molar-refractivity contribution in [1.82, 2.24) is 4.72 Å². The van der Waals surface area contributed by atoms with Crippen LogP contribution in [0.2, 0.25) is 0 Å². The predicted molar refractivity (Wildman–Crippen MR) is 71.9 cm³/mol. The van der Waals surface area contributed by atoms with Gasteiger partial charge in [0, 0.05) is 12.3 Å². The van der Waals surface area contributed by atoms with Crippen molar-refractivity contribution in [1.29, 1.82) is 0 Å². The van der Waals surface area contributed by atoms with Crippen molar-refractivity contribution in [3.05, 3.63) is 0 Å². The molecule has 1 unspecified atom stereocenters. The Morgan fingerprint density at radius 1 is 1.47 bits per heavy atom. The van der Waals surface area contributed by atoms with Gasteiger partial charge in [0.2, 0.25) is 10.0 Å². The van der Waals surface area contributed by atoms with Crippen molar-refractivity contribution in [3.63, 3.8) is 0 Å². The lowest BCUT2D eigenvalue weighted by Gasteiger charge is -2.22. The maximum Gasteiger partial charge on any atom is 0.213 e. The van der Waals surface area contributed by atoms with E-state index in [9.17, 15) is 13.5 Å². The van der Waals surface area contributed by atoms with Crippen molar-refractivity contribution in [2.75, 3.05) is 30.9 Å². The lowest BCUT2D eigenvalue weighted by Crippen LogP contribution is -2.43. The molecule has 104 valence electrons. The molecule has 0 saturated heterocycles. The fourth-order valence-electron chi connectivity index (χ4n) is 1.09. The van der Waals surface area contributed by atoms with Gasteiger partial charge in [-0.05, 0) is 27.0 Å². The van der Waals surface area contributed by atoms with Gasteiger partial charge in [0.05, 0.1) is 24.1 Å². The maximum absolute atomic E-state index is 11.6. The molecule has 0 aliphatic heterocycles. The van der Waals surface area contributed by atoms with Crippen molar-refractivity contribution in [2.24, 2.45) is 0 Å². The van der Waals surface area contributed by atoms with Gasteiger partial charge in [0.1, 0.15) is 0 Å². The first-order valence-corrected chi connectivity index (χ1v) is 8.53. The summed E-state index contributed by atoms with van der Waals surface area (Å²) in [5, 5.41) is 9.81.